The minimum Gasteiger partial charge on any atom is -0.399 e. The van der Waals surface area contributed by atoms with Gasteiger partial charge in [-0.3, -0.25) is 4.70 Å². The summed E-state index contributed by atoms with van der Waals surface area (Å²) in [5.74, 6) is 0. The Bertz CT molecular complexity index is 223. The molecule has 0 saturated heterocycles. The number of nitrogen functional groups attached to an aromatic ring is 2. The summed E-state index contributed by atoms with van der Waals surface area (Å²) < 4.78 is 0. The van der Waals surface area contributed by atoms with Gasteiger partial charge in [-0.25, -0.2) is 0 Å². The van der Waals surface area contributed by atoms with Gasteiger partial charge in [-0.15, -0.1) is 0 Å². The van der Waals surface area contributed by atoms with E-state index in [4.69, 9.17) is 11.5 Å². The molecule has 0 radical (unpaired) electrons. The summed E-state index contributed by atoms with van der Waals surface area (Å²) in [7, 11) is 0. The van der Waals surface area contributed by atoms with Gasteiger partial charge in [0, 0.05) is 11.4 Å². The molecule has 0 aliphatic carbocycles. The molecule has 1 aromatic rings. The Balaban J connectivity index is 0.000000810. The number of hydrogen-bond acceptors (Lipinski definition) is 2. The zero-order chi connectivity index (χ0) is 6.85. The van der Waals surface area contributed by atoms with E-state index < -0.39 is 0 Å². The summed E-state index contributed by atoms with van der Waals surface area (Å²) in [6, 6.07) is 5.51. The number of benzene rings is 1. The molecule has 1 rings (SSSR count). The van der Waals surface area contributed by atoms with Crippen molar-refractivity contribution in [1.29, 1.82) is 0 Å². The lowest BCUT2D eigenvalue weighted by Gasteiger charge is -1.98. The highest BCUT2D eigenvalue weighted by Gasteiger charge is 1.90. The monoisotopic (exact) mass is 142 g/mol. The minimum absolute atomic E-state index is 0. The van der Waals surface area contributed by atoms with Gasteiger partial charge >= 0.3 is 0 Å². The average Bonchev–Trinajstić information content (AvgIpc) is 1.80. The number of anilines is 2. The van der Waals surface area contributed by atoms with E-state index in [9.17, 15) is 0 Å². The second-order valence-electron chi connectivity index (χ2n) is 2.12. The van der Waals surface area contributed by atoms with Crippen molar-refractivity contribution in [1.82, 2.24) is 0 Å². The molecule has 0 heterocycles. The molecular formula is C7H11FN2. The molecule has 2 nitrogen and oxygen atoms in total. The third-order valence-electron chi connectivity index (χ3n) is 1.30. The maximum absolute atomic E-state index is 5.54. The van der Waals surface area contributed by atoms with Crippen molar-refractivity contribution in [3.63, 3.8) is 0 Å². The SMILES string of the molecule is Cc1ccc(N)cc1N.F. The highest BCUT2D eigenvalue weighted by Crippen LogP contribution is 2.13. The standard InChI is InChI=1S/C7H10N2.FH/c1-5-2-3-6(8)4-7(5)9;/h2-4H,8-9H2,1H3;1H. The molecule has 0 aliphatic heterocycles. The molecule has 4 N–H and O–H groups in total. The van der Waals surface area contributed by atoms with Crippen molar-refractivity contribution < 1.29 is 4.70 Å². The lowest BCUT2D eigenvalue weighted by Crippen LogP contribution is -1.91. The Morgan fingerprint density at radius 1 is 1.20 bits per heavy atom. The van der Waals surface area contributed by atoms with Crippen LogP contribution < -0.4 is 11.5 Å². The predicted molar refractivity (Wildman–Crippen MR) is 42.5 cm³/mol. The van der Waals surface area contributed by atoms with E-state index in [1.54, 1.807) is 6.07 Å². The Labute approximate surface area is 59.2 Å². The van der Waals surface area contributed by atoms with Crippen LogP contribution >= 0.6 is 0 Å². The smallest absolute Gasteiger partial charge is 0.0364 e. The van der Waals surface area contributed by atoms with Gasteiger partial charge in [-0.2, -0.15) is 0 Å². The van der Waals surface area contributed by atoms with Crippen molar-refractivity contribution in [3.8, 4) is 0 Å². The van der Waals surface area contributed by atoms with E-state index in [-0.39, 0.29) is 4.70 Å². The first-order valence-electron chi connectivity index (χ1n) is 2.82. The molecule has 0 atom stereocenters. The highest BCUT2D eigenvalue weighted by molar-refractivity contribution is 5.55. The van der Waals surface area contributed by atoms with Crippen LogP contribution in [0.5, 0.6) is 0 Å². The number of halogens is 1. The molecule has 1 aromatic carbocycles. The van der Waals surface area contributed by atoms with Crippen molar-refractivity contribution in [2.45, 2.75) is 6.92 Å². The summed E-state index contributed by atoms with van der Waals surface area (Å²) in [5, 5.41) is 0. The van der Waals surface area contributed by atoms with E-state index in [2.05, 4.69) is 0 Å². The number of aryl methyl sites for hydroxylation is 1. The predicted octanol–water partition coefficient (Wildman–Crippen LogP) is 1.31. The Kier molecular flexibility index (Phi) is 2.67. The molecule has 0 unspecified atom stereocenters. The molecule has 10 heavy (non-hydrogen) atoms. The number of rotatable bonds is 0. The maximum Gasteiger partial charge on any atom is 0.0364 e. The summed E-state index contributed by atoms with van der Waals surface area (Å²) in [4.78, 5) is 0. The first-order valence-corrected chi connectivity index (χ1v) is 2.82. The van der Waals surface area contributed by atoms with Crippen LogP contribution in [0.4, 0.5) is 16.1 Å². The van der Waals surface area contributed by atoms with Gasteiger partial charge in [-0.05, 0) is 24.6 Å². The fourth-order valence-electron chi connectivity index (χ4n) is 0.659. The minimum atomic E-state index is 0. The van der Waals surface area contributed by atoms with Gasteiger partial charge in [0.1, 0.15) is 0 Å². The van der Waals surface area contributed by atoms with E-state index in [1.807, 2.05) is 19.1 Å². The second-order valence-corrected chi connectivity index (χ2v) is 2.12. The van der Waals surface area contributed by atoms with Gasteiger partial charge in [0.15, 0.2) is 0 Å². The Morgan fingerprint density at radius 3 is 2.20 bits per heavy atom. The van der Waals surface area contributed by atoms with Crippen molar-refractivity contribution in [2.75, 3.05) is 11.5 Å². The average molecular weight is 142 g/mol. The first kappa shape index (κ1) is 8.75. The largest absolute Gasteiger partial charge is 0.399 e. The van der Waals surface area contributed by atoms with Gasteiger partial charge in [-0.1, -0.05) is 6.07 Å². The van der Waals surface area contributed by atoms with Crippen LogP contribution in [0.2, 0.25) is 0 Å². The zero-order valence-corrected chi connectivity index (χ0v) is 5.79. The molecule has 0 bridgehead atoms. The lowest BCUT2D eigenvalue weighted by molar-refractivity contribution is 1.11. The molecule has 0 amide bonds. The van der Waals surface area contributed by atoms with Gasteiger partial charge < -0.3 is 11.5 Å². The van der Waals surface area contributed by atoms with Crippen LogP contribution in [0, 0.1) is 6.92 Å². The number of hydrogen-bond donors (Lipinski definition) is 2. The maximum atomic E-state index is 5.54. The second kappa shape index (κ2) is 3.06. The van der Waals surface area contributed by atoms with Gasteiger partial charge in [0.2, 0.25) is 0 Å². The van der Waals surface area contributed by atoms with Crippen molar-refractivity contribution >= 4 is 11.4 Å². The van der Waals surface area contributed by atoms with E-state index >= 15 is 0 Å². The Hall–Kier alpha value is -1.25. The van der Waals surface area contributed by atoms with Crippen LogP contribution in [0.25, 0.3) is 0 Å². The molecule has 3 heteroatoms. The molecule has 0 saturated carbocycles. The lowest BCUT2D eigenvalue weighted by atomic mass is 10.2. The van der Waals surface area contributed by atoms with E-state index in [1.165, 1.54) is 0 Å². The molecule has 0 spiro atoms. The Morgan fingerprint density at radius 2 is 1.80 bits per heavy atom. The normalized spacial score (nSPS) is 8.50. The van der Waals surface area contributed by atoms with Gasteiger partial charge in [0.05, 0.1) is 0 Å². The topological polar surface area (TPSA) is 52.0 Å². The van der Waals surface area contributed by atoms with Crippen LogP contribution in [-0.4, -0.2) is 0 Å². The molecule has 56 valence electrons. The number of nitrogens with two attached hydrogens (primary N) is 2. The molecule has 0 fully saturated rings. The fourth-order valence-corrected chi connectivity index (χ4v) is 0.659. The van der Waals surface area contributed by atoms with Gasteiger partial charge in [0.25, 0.3) is 0 Å². The third-order valence-corrected chi connectivity index (χ3v) is 1.30. The van der Waals surface area contributed by atoms with Crippen molar-refractivity contribution in [2.24, 2.45) is 0 Å². The van der Waals surface area contributed by atoms with E-state index in [0.29, 0.717) is 0 Å². The quantitative estimate of drug-likeness (QED) is 0.536. The summed E-state index contributed by atoms with van der Waals surface area (Å²) in [6.07, 6.45) is 0. The molecule has 0 aromatic heterocycles. The third kappa shape index (κ3) is 1.62. The fraction of sp³-hybridized carbons (Fsp3) is 0.143. The van der Waals surface area contributed by atoms with Crippen molar-refractivity contribution in [3.05, 3.63) is 23.8 Å². The highest BCUT2D eigenvalue weighted by atomic mass is 19.0. The molecule has 0 aliphatic rings. The summed E-state index contributed by atoms with van der Waals surface area (Å²) in [6.45, 7) is 1.95. The van der Waals surface area contributed by atoms with Crippen LogP contribution in [0.15, 0.2) is 18.2 Å². The molecular weight excluding hydrogens is 131 g/mol. The van der Waals surface area contributed by atoms with E-state index in [0.717, 1.165) is 16.9 Å². The zero-order valence-electron chi connectivity index (χ0n) is 5.79. The summed E-state index contributed by atoms with van der Waals surface area (Å²) >= 11 is 0. The summed E-state index contributed by atoms with van der Waals surface area (Å²) in [5.41, 5.74) is 13.5. The van der Waals surface area contributed by atoms with Crippen LogP contribution in [0.1, 0.15) is 5.56 Å². The van der Waals surface area contributed by atoms with Crippen LogP contribution in [0.3, 0.4) is 0 Å². The van der Waals surface area contributed by atoms with Crippen LogP contribution in [-0.2, 0) is 0 Å². The first-order chi connectivity index (χ1) is 4.20.